The van der Waals surface area contributed by atoms with E-state index in [9.17, 15) is 9.90 Å². The van der Waals surface area contributed by atoms with E-state index in [2.05, 4.69) is 15.9 Å². The number of aliphatic hydroxyl groups is 2. The van der Waals surface area contributed by atoms with Gasteiger partial charge in [0.05, 0.1) is 11.7 Å². The fourth-order valence-electron chi connectivity index (χ4n) is 0.863. The Labute approximate surface area is 77.0 Å². The van der Waals surface area contributed by atoms with Crippen LogP contribution in [0, 0.1) is 0 Å². The third-order valence-corrected chi connectivity index (χ3v) is 2.49. The van der Waals surface area contributed by atoms with E-state index in [0.717, 1.165) is 6.08 Å². The summed E-state index contributed by atoms with van der Waals surface area (Å²) in [6.45, 7) is 0. The molecular weight excluding hydrogens is 228 g/mol. The van der Waals surface area contributed by atoms with Gasteiger partial charge < -0.3 is 15.3 Å². The second kappa shape index (κ2) is 3.28. The molecule has 2 atom stereocenters. The Morgan fingerprint density at radius 1 is 1.58 bits per heavy atom. The number of hydrogen-bond acceptors (Lipinski definition) is 3. The number of rotatable bonds is 1. The maximum atomic E-state index is 10.4. The number of carboxylic acid groups (broad SMARTS) is 1. The van der Waals surface area contributed by atoms with Crippen molar-refractivity contribution in [3.63, 3.8) is 0 Å². The van der Waals surface area contributed by atoms with Gasteiger partial charge in [0, 0.05) is 0 Å². The Hall–Kier alpha value is -0.810. The van der Waals surface area contributed by atoms with Gasteiger partial charge in [0.1, 0.15) is 10.6 Å². The summed E-state index contributed by atoms with van der Waals surface area (Å²) in [7, 11) is 0. The van der Waals surface area contributed by atoms with Crippen LogP contribution in [-0.4, -0.2) is 32.2 Å². The van der Waals surface area contributed by atoms with E-state index in [-0.39, 0.29) is 11.3 Å². The topological polar surface area (TPSA) is 77.8 Å². The number of carboxylic acids is 1. The van der Waals surface area contributed by atoms with E-state index in [4.69, 9.17) is 10.2 Å². The Kier molecular flexibility index (Phi) is 2.54. The number of aliphatic carboxylic acids is 1. The third-order valence-electron chi connectivity index (χ3n) is 1.48. The van der Waals surface area contributed by atoms with Crippen LogP contribution in [0.15, 0.2) is 23.5 Å². The van der Waals surface area contributed by atoms with Gasteiger partial charge in [-0.25, -0.2) is 4.79 Å². The maximum Gasteiger partial charge on any atom is 0.335 e. The van der Waals surface area contributed by atoms with Crippen molar-refractivity contribution >= 4 is 21.9 Å². The van der Waals surface area contributed by atoms with Crippen LogP contribution in [0.1, 0.15) is 0 Å². The second-order valence-electron chi connectivity index (χ2n) is 2.39. The average Bonchev–Trinajstić information content (AvgIpc) is 1.99. The first kappa shape index (κ1) is 9.28. The van der Waals surface area contributed by atoms with E-state index >= 15 is 0 Å². The molecule has 0 aromatic carbocycles. The molecule has 0 amide bonds. The molecule has 2 unspecified atom stereocenters. The van der Waals surface area contributed by atoms with Crippen LogP contribution >= 0.6 is 15.9 Å². The molecule has 4 nitrogen and oxygen atoms in total. The molecule has 0 radical (unpaired) electrons. The van der Waals surface area contributed by atoms with E-state index in [1.54, 1.807) is 0 Å². The fourth-order valence-corrected chi connectivity index (χ4v) is 1.15. The quantitative estimate of drug-likeness (QED) is 0.581. The largest absolute Gasteiger partial charge is 0.511 e. The molecule has 12 heavy (non-hydrogen) atoms. The molecule has 0 saturated carbocycles. The standard InChI is InChI=1S/C7H7BrO4/c8-6-4(9)1-3(7(11)12)2-5(6)10/h1-2,4,6,9-10H,(H,11,12). The summed E-state index contributed by atoms with van der Waals surface area (Å²) in [4.78, 5) is 9.79. The number of carbonyl (C=O) groups is 1. The predicted octanol–water partition coefficient (Wildman–Crippen LogP) is 0.577. The fraction of sp³-hybridized carbons (Fsp3) is 0.286. The minimum absolute atomic E-state index is 0.101. The van der Waals surface area contributed by atoms with Crippen molar-refractivity contribution in [3.8, 4) is 0 Å². The minimum Gasteiger partial charge on any atom is -0.511 e. The first-order valence-corrected chi connectivity index (χ1v) is 4.11. The number of alkyl halides is 1. The van der Waals surface area contributed by atoms with Gasteiger partial charge in [-0.1, -0.05) is 15.9 Å². The third kappa shape index (κ3) is 1.67. The summed E-state index contributed by atoms with van der Waals surface area (Å²) in [5.41, 5.74) is -0.101. The van der Waals surface area contributed by atoms with Crippen molar-refractivity contribution < 1.29 is 20.1 Å². The van der Waals surface area contributed by atoms with Gasteiger partial charge in [-0.15, -0.1) is 0 Å². The van der Waals surface area contributed by atoms with E-state index in [1.807, 2.05) is 0 Å². The lowest BCUT2D eigenvalue weighted by Gasteiger charge is -2.18. The maximum absolute atomic E-state index is 10.4. The van der Waals surface area contributed by atoms with Gasteiger partial charge in [-0.3, -0.25) is 0 Å². The molecule has 1 aliphatic carbocycles. The Morgan fingerprint density at radius 3 is 2.58 bits per heavy atom. The highest BCUT2D eigenvalue weighted by Gasteiger charge is 2.25. The van der Waals surface area contributed by atoms with Crippen LogP contribution in [0.3, 0.4) is 0 Å². The first-order chi connectivity index (χ1) is 5.52. The zero-order valence-electron chi connectivity index (χ0n) is 5.94. The Morgan fingerprint density at radius 2 is 2.17 bits per heavy atom. The monoisotopic (exact) mass is 234 g/mol. The van der Waals surface area contributed by atoms with Crippen molar-refractivity contribution in [2.24, 2.45) is 0 Å². The Balaban J connectivity index is 2.95. The molecule has 5 heteroatoms. The van der Waals surface area contributed by atoms with Gasteiger partial charge in [0.25, 0.3) is 0 Å². The van der Waals surface area contributed by atoms with Crippen molar-refractivity contribution in [3.05, 3.63) is 23.5 Å². The average molecular weight is 235 g/mol. The number of halogens is 1. The molecule has 0 aromatic heterocycles. The molecule has 66 valence electrons. The number of aliphatic hydroxyl groups excluding tert-OH is 2. The van der Waals surface area contributed by atoms with E-state index in [1.165, 1.54) is 6.08 Å². The van der Waals surface area contributed by atoms with E-state index in [0.29, 0.717) is 0 Å². The highest BCUT2D eigenvalue weighted by molar-refractivity contribution is 9.09. The van der Waals surface area contributed by atoms with Crippen LogP contribution in [-0.2, 0) is 4.79 Å². The molecule has 1 rings (SSSR count). The second-order valence-corrected chi connectivity index (χ2v) is 3.38. The van der Waals surface area contributed by atoms with Crippen LogP contribution in [0.5, 0.6) is 0 Å². The van der Waals surface area contributed by atoms with Crippen LogP contribution < -0.4 is 0 Å². The van der Waals surface area contributed by atoms with Gasteiger partial charge in [-0.2, -0.15) is 0 Å². The van der Waals surface area contributed by atoms with Gasteiger partial charge in [0.2, 0.25) is 0 Å². The zero-order chi connectivity index (χ0) is 9.30. The van der Waals surface area contributed by atoms with Crippen molar-refractivity contribution in [2.45, 2.75) is 10.9 Å². The van der Waals surface area contributed by atoms with Gasteiger partial charge in [0.15, 0.2) is 0 Å². The summed E-state index contributed by atoms with van der Waals surface area (Å²) < 4.78 is 0. The van der Waals surface area contributed by atoms with Crippen LogP contribution in [0.4, 0.5) is 0 Å². The molecule has 0 heterocycles. The van der Waals surface area contributed by atoms with Crippen LogP contribution in [0.25, 0.3) is 0 Å². The first-order valence-electron chi connectivity index (χ1n) is 3.20. The molecule has 3 N–H and O–H groups in total. The summed E-state index contributed by atoms with van der Waals surface area (Å²) in [6, 6.07) is 0. The van der Waals surface area contributed by atoms with Gasteiger partial charge >= 0.3 is 5.97 Å². The lowest BCUT2D eigenvalue weighted by molar-refractivity contribution is -0.132. The molecule has 0 fully saturated rings. The molecule has 0 aromatic rings. The molecule has 0 saturated heterocycles. The predicted molar refractivity (Wildman–Crippen MR) is 45.2 cm³/mol. The number of hydrogen-bond donors (Lipinski definition) is 3. The lowest BCUT2D eigenvalue weighted by atomic mass is 10.0. The van der Waals surface area contributed by atoms with Crippen molar-refractivity contribution in [2.75, 3.05) is 0 Å². The highest BCUT2D eigenvalue weighted by atomic mass is 79.9. The minimum atomic E-state index is -1.17. The van der Waals surface area contributed by atoms with E-state index < -0.39 is 16.9 Å². The smallest absolute Gasteiger partial charge is 0.335 e. The van der Waals surface area contributed by atoms with Crippen molar-refractivity contribution in [1.82, 2.24) is 0 Å². The molecule has 0 bridgehead atoms. The summed E-state index contributed by atoms with van der Waals surface area (Å²) in [6.07, 6.45) is 1.27. The normalized spacial score (nSPS) is 29.2. The summed E-state index contributed by atoms with van der Waals surface area (Å²) >= 11 is 2.99. The molecular formula is C7H7BrO4. The molecule has 1 aliphatic rings. The van der Waals surface area contributed by atoms with Crippen LogP contribution in [0.2, 0.25) is 0 Å². The lowest BCUT2D eigenvalue weighted by Crippen LogP contribution is -2.25. The van der Waals surface area contributed by atoms with Crippen molar-refractivity contribution in [1.29, 1.82) is 0 Å². The molecule has 0 spiro atoms. The SMILES string of the molecule is O=C(O)C1=CC(O)C(Br)C(O)=C1. The molecule has 0 aliphatic heterocycles. The Bertz CT molecular complexity index is 269. The summed E-state index contributed by atoms with van der Waals surface area (Å²) in [5.74, 6) is -1.34. The highest BCUT2D eigenvalue weighted by Crippen LogP contribution is 2.22. The van der Waals surface area contributed by atoms with Gasteiger partial charge in [-0.05, 0) is 12.2 Å². The zero-order valence-corrected chi connectivity index (χ0v) is 7.52. The summed E-state index contributed by atoms with van der Waals surface area (Å²) in [5, 5.41) is 26.8.